The maximum Gasteiger partial charge on any atom is 0.239 e. The van der Waals surface area contributed by atoms with Crippen LogP contribution in [0.3, 0.4) is 0 Å². The molecule has 0 heterocycles. The van der Waals surface area contributed by atoms with Crippen LogP contribution in [0, 0.1) is 0 Å². The Balaban J connectivity index is 4.01. The Hall–Kier alpha value is -1.10. The van der Waals surface area contributed by atoms with Crippen molar-refractivity contribution in [1.82, 2.24) is 4.90 Å². The van der Waals surface area contributed by atoms with Gasteiger partial charge in [0.25, 0.3) is 0 Å². The molecule has 1 atom stereocenters. The second-order valence-corrected chi connectivity index (χ2v) is 2.68. The lowest BCUT2D eigenvalue weighted by atomic mass is 10.2. The summed E-state index contributed by atoms with van der Waals surface area (Å²) in [5.41, 5.74) is 10.3. The number of hydrogen-bond donors (Lipinski definition) is 2. The fourth-order valence-electron chi connectivity index (χ4n) is 0.769. The fraction of sp³-hybridized carbons (Fsp3) is 0.714. The van der Waals surface area contributed by atoms with E-state index in [1.807, 2.05) is 0 Å². The third kappa shape index (κ3) is 3.34. The first-order valence-electron chi connectivity index (χ1n) is 3.77. The standard InChI is InChI=1S/C7H15N3O2/c1-3-5(8)7(12)10(2)4-6(9)11/h5H,3-4,8H2,1-2H3,(H2,9,11). The molecule has 0 aliphatic rings. The van der Waals surface area contributed by atoms with Gasteiger partial charge < -0.3 is 16.4 Å². The zero-order valence-corrected chi connectivity index (χ0v) is 7.41. The number of hydrogen-bond acceptors (Lipinski definition) is 3. The second-order valence-electron chi connectivity index (χ2n) is 2.68. The number of nitrogens with two attached hydrogens (primary N) is 2. The van der Waals surface area contributed by atoms with Gasteiger partial charge in [0, 0.05) is 7.05 Å². The lowest BCUT2D eigenvalue weighted by Gasteiger charge is -2.18. The summed E-state index contributed by atoms with van der Waals surface area (Å²) in [6.45, 7) is 1.73. The van der Waals surface area contributed by atoms with E-state index in [1.54, 1.807) is 6.92 Å². The Bertz CT molecular complexity index is 181. The van der Waals surface area contributed by atoms with Crippen LogP contribution in [0.5, 0.6) is 0 Å². The van der Waals surface area contributed by atoms with Gasteiger partial charge in [-0.1, -0.05) is 6.92 Å². The van der Waals surface area contributed by atoms with Crippen LogP contribution >= 0.6 is 0 Å². The van der Waals surface area contributed by atoms with Crippen LogP contribution < -0.4 is 11.5 Å². The summed E-state index contributed by atoms with van der Waals surface area (Å²) >= 11 is 0. The van der Waals surface area contributed by atoms with Crippen molar-refractivity contribution in [2.75, 3.05) is 13.6 Å². The number of primary amides is 1. The van der Waals surface area contributed by atoms with E-state index in [2.05, 4.69) is 0 Å². The Morgan fingerprint density at radius 2 is 2.00 bits per heavy atom. The number of nitrogens with zero attached hydrogens (tertiary/aromatic N) is 1. The van der Waals surface area contributed by atoms with Gasteiger partial charge in [0.2, 0.25) is 11.8 Å². The summed E-state index contributed by atoms with van der Waals surface area (Å²) in [5, 5.41) is 0. The van der Waals surface area contributed by atoms with E-state index in [0.29, 0.717) is 6.42 Å². The highest BCUT2D eigenvalue weighted by Gasteiger charge is 2.16. The van der Waals surface area contributed by atoms with Gasteiger partial charge in [-0.25, -0.2) is 0 Å². The van der Waals surface area contributed by atoms with Crippen LogP contribution in [-0.4, -0.2) is 36.3 Å². The predicted molar refractivity (Wildman–Crippen MR) is 45.1 cm³/mol. The zero-order valence-electron chi connectivity index (χ0n) is 7.41. The number of likely N-dealkylation sites (N-methyl/N-ethyl adjacent to an activating group) is 1. The van der Waals surface area contributed by atoms with Crippen LogP contribution in [0.15, 0.2) is 0 Å². The summed E-state index contributed by atoms with van der Waals surface area (Å²) in [4.78, 5) is 22.8. The monoisotopic (exact) mass is 173 g/mol. The molecule has 0 aliphatic heterocycles. The van der Waals surface area contributed by atoms with Crippen molar-refractivity contribution in [3.05, 3.63) is 0 Å². The molecular weight excluding hydrogens is 158 g/mol. The van der Waals surface area contributed by atoms with Crippen molar-refractivity contribution in [1.29, 1.82) is 0 Å². The molecule has 0 fully saturated rings. The van der Waals surface area contributed by atoms with E-state index in [4.69, 9.17) is 11.5 Å². The molecule has 4 N–H and O–H groups in total. The largest absolute Gasteiger partial charge is 0.368 e. The second kappa shape index (κ2) is 4.71. The molecule has 1 unspecified atom stereocenters. The summed E-state index contributed by atoms with van der Waals surface area (Å²) in [6.07, 6.45) is 0.557. The Morgan fingerprint density at radius 1 is 1.50 bits per heavy atom. The summed E-state index contributed by atoms with van der Waals surface area (Å²) in [5.74, 6) is -0.787. The molecule has 12 heavy (non-hydrogen) atoms. The van der Waals surface area contributed by atoms with Crippen molar-refractivity contribution < 1.29 is 9.59 Å². The molecule has 0 spiro atoms. The summed E-state index contributed by atoms with van der Waals surface area (Å²) in [6, 6.07) is -0.533. The smallest absolute Gasteiger partial charge is 0.239 e. The van der Waals surface area contributed by atoms with Crippen molar-refractivity contribution in [3.8, 4) is 0 Å². The highest BCUT2D eigenvalue weighted by atomic mass is 16.2. The Kier molecular flexibility index (Phi) is 4.28. The SMILES string of the molecule is CCC(N)C(=O)N(C)CC(N)=O. The van der Waals surface area contributed by atoms with Gasteiger partial charge >= 0.3 is 0 Å². The van der Waals surface area contributed by atoms with E-state index in [0.717, 1.165) is 0 Å². The van der Waals surface area contributed by atoms with Gasteiger partial charge in [-0.2, -0.15) is 0 Å². The van der Waals surface area contributed by atoms with Crippen LogP contribution in [0.1, 0.15) is 13.3 Å². The minimum absolute atomic E-state index is 0.0769. The average molecular weight is 173 g/mol. The summed E-state index contributed by atoms with van der Waals surface area (Å²) in [7, 11) is 1.50. The van der Waals surface area contributed by atoms with Crippen LogP contribution in [0.25, 0.3) is 0 Å². The van der Waals surface area contributed by atoms with E-state index < -0.39 is 11.9 Å². The maximum atomic E-state index is 11.2. The van der Waals surface area contributed by atoms with E-state index >= 15 is 0 Å². The van der Waals surface area contributed by atoms with E-state index in [9.17, 15) is 9.59 Å². The molecule has 2 amide bonds. The molecule has 0 bridgehead atoms. The van der Waals surface area contributed by atoms with Crippen molar-refractivity contribution >= 4 is 11.8 Å². The zero-order chi connectivity index (χ0) is 9.72. The quantitative estimate of drug-likeness (QED) is 0.551. The first-order chi connectivity index (χ1) is 5.49. The molecule has 5 heteroatoms. The van der Waals surface area contributed by atoms with Crippen molar-refractivity contribution in [2.45, 2.75) is 19.4 Å². The van der Waals surface area contributed by atoms with Gasteiger partial charge in [0.1, 0.15) is 0 Å². The molecule has 0 saturated heterocycles. The van der Waals surface area contributed by atoms with Crippen molar-refractivity contribution in [3.63, 3.8) is 0 Å². The van der Waals surface area contributed by atoms with E-state index in [-0.39, 0.29) is 12.5 Å². The summed E-state index contributed by atoms with van der Waals surface area (Å²) < 4.78 is 0. The molecule has 0 rings (SSSR count). The predicted octanol–water partition coefficient (Wildman–Crippen LogP) is -1.33. The number of carbonyl (C=O) groups excluding carboxylic acids is 2. The lowest BCUT2D eigenvalue weighted by molar-refractivity contribution is -0.134. The molecule has 0 radical (unpaired) electrons. The van der Waals surface area contributed by atoms with E-state index in [1.165, 1.54) is 11.9 Å². The first kappa shape index (κ1) is 10.9. The molecule has 0 saturated carbocycles. The fourth-order valence-corrected chi connectivity index (χ4v) is 0.769. The highest BCUT2D eigenvalue weighted by molar-refractivity contribution is 5.86. The Labute approximate surface area is 71.7 Å². The number of amides is 2. The third-order valence-electron chi connectivity index (χ3n) is 1.53. The normalized spacial score (nSPS) is 12.2. The van der Waals surface area contributed by atoms with Crippen LogP contribution in [0.4, 0.5) is 0 Å². The van der Waals surface area contributed by atoms with Crippen LogP contribution in [0.2, 0.25) is 0 Å². The molecular formula is C7H15N3O2. The molecule has 0 aliphatic carbocycles. The van der Waals surface area contributed by atoms with Gasteiger partial charge in [-0.15, -0.1) is 0 Å². The van der Waals surface area contributed by atoms with Gasteiger partial charge in [0.05, 0.1) is 12.6 Å². The van der Waals surface area contributed by atoms with Crippen molar-refractivity contribution in [2.24, 2.45) is 11.5 Å². The third-order valence-corrected chi connectivity index (χ3v) is 1.53. The molecule has 0 aromatic carbocycles. The molecule has 0 aromatic rings. The number of rotatable bonds is 4. The average Bonchev–Trinajstić information content (AvgIpc) is 2.00. The number of carbonyl (C=O) groups is 2. The van der Waals surface area contributed by atoms with Gasteiger partial charge in [-0.05, 0) is 6.42 Å². The highest BCUT2D eigenvalue weighted by Crippen LogP contribution is 1.92. The Morgan fingerprint density at radius 3 is 2.33 bits per heavy atom. The lowest BCUT2D eigenvalue weighted by Crippen LogP contribution is -2.44. The molecule has 70 valence electrons. The molecule has 0 aromatic heterocycles. The van der Waals surface area contributed by atoms with Gasteiger partial charge in [0.15, 0.2) is 0 Å². The van der Waals surface area contributed by atoms with Gasteiger partial charge in [-0.3, -0.25) is 9.59 Å². The van der Waals surface area contributed by atoms with Crippen LogP contribution in [-0.2, 0) is 9.59 Å². The first-order valence-corrected chi connectivity index (χ1v) is 3.77. The minimum atomic E-state index is -0.533. The topological polar surface area (TPSA) is 89.4 Å². The molecule has 5 nitrogen and oxygen atoms in total. The minimum Gasteiger partial charge on any atom is -0.368 e. The maximum absolute atomic E-state index is 11.2.